The molecule has 30 heavy (non-hydrogen) atoms. The summed E-state index contributed by atoms with van der Waals surface area (Å²) in [6.45, 7) is 5.77. The molecular weight excluding hydrogens is 398 g/mol. The van der Waals surface area contributed by atoms with Crippen molar-refractivity contribution in [1.29, 1.82) is 5.26 Å². The van der Waals surface area contributed by atoms with Crippen molar-refractivity contribution in [3.05, 3.63) is 93.5 Å². The molecule has 0 spiro atoms. The highest BCUT2D eigenvalue weighted by atomic mass is 35.5. The first-order valence-electron chi connectivity index (χ1n) is 9.64. The number of hydrogen-bond donors (Lipinski definition) is 1. The summed E-state index contributed by atoms with van der Waals surface area (Å²) in [7, 11) is 0. The van der Waals surface area contributed by atoms with E-state index in [9.17, 15) is 10.4 Å². The normalized spacial score (nSPS) is 12.7. The second-order valence-electron chi connectivity index (χ2n) is 7.36. The molecule has 0 aliphatic heterocycles. The Hall–Kier alpha value is -3.00. The maximum absolute atomic E-state index is 11.2. The van der Waals surface area contributed by atoms with E-state index in [1.165, 1.54) is 0 Å². The van der Waals surface area contributed by atoms with Crippen LogP contribution in [0.2, 0.25) is 5.02 Å². The van der Waals surface area contributed by atoms with E-state index in [1.54, 1.807) is 24.3 Å². The number of nitriles is 1. The molecule has 1 unspecified atom stereocenters. The highest BCUT2D eigenvalue weighted by Crippen LogP contribution is 2.33. The summed E-state index contributed by atoms with van der Waals surface area (Å²) in [6.07, 6.45) is 0. The largest absolute Gasteiger partial charge is 0.489 e. The molecule has 0 bridgehead atoms. The third-order valence-electron chi connectivity index (χ3n) is 4.96. The Labute approximate surface area is 182 Å². The summed E-state index contributed by atoms with van der Waals surface area (Å²) >= 11 is 6.42. The van der Waals surface area contributed by atoms with Gasteiger partial charge in [0.25, 0.3) is 0 Å². The Kier molecular flexibility index (Phi) is 6.66. The van der Waals surface area contributed by atoms with Crippen LogP contribution in [-0.4, -0.2) is 11.7 Å². The van der Waals surface area contributed by atoms with Crippen molar-refractivity contribution in [2.45, 2.75) is 33.0 Å². The molecule has 0 radical (unpaired) electrons. The number of halogens is 1. The van der Waals surface area contributed by atoms with Crippen LogP contribution in [0, 0.1) is 32.1 Å². The number of para-hydroxylation sites is 1. The molecule has 0 fully saturated rings. The summed E-state index contributed by atoms with van der Waals surface area (Å²) in [5.74, 6) is 1.35. The van der Waals surface area contributed by atoms with Crippen LogP contribution in [0.15, 0.2) is 60.7 Å². The first-order valence-corrected chi connectivity index (χ1v) is 10.0. The quantitative estimate of drug-likeness (QED) is 0.502. The van der Waals surface area contributed by atoms with Crippen molar-refractivity contribution >= 4 is 11.6 Å². The van der Waals surface area contributed by atoms with Crippen molar-refractivity contribution in [3.63, 3.8) is 0 Å². The standard InChI is InChI=1S/C25H24ClNO3/c1-17-11-12-19(3)23(13-17)29-14-20-8-6-9-21(26)24(20)25(28,15-27)16-30-22-10-5-4-7-18(22)2/h4-13,28H,14,16H2,1-3H3. The van der Waals surface area contributed by atoms with Crippen LogP contribution in [-0.2, 0) is 12.2 Å². The van der Waals surface area contributed by atoms with Gasteiger partial charge in [-0.15, -0.1) is 0 Å². The van der Waals surface area contributed by atoms with Crippen LogP contribution in [0.25, 0.3) is 0 Å². The van der Waals surface area contributed by atoms with E-state index in [0.29, 0.717) is 16.9 Å². The number of rotatable bonds is 7. The summed E-state index contributed by atoms with van der Waals surface area (Å²) < 4.78 is 11.8. The van der Waals surface area contributed by atoms with E-state index in [0.717, 1.165) is 22.4 Å². The van der Waals surface area contributed by atoms with Gasteiger partial charge in [-0.3, -0.25) is 0 Å². The van der Waals surface area contributed by atoms with E-state index >= 15 is 0 Å². The van der Waals surface area contributed by atoms with Crippen LogP contribution in [0.5, 0.6) is 11.5 Å². The van der Waals surface area contributed by atoms with Gasteiger partial charge in [0, 0.05) is 10.6 Å². The molecule has 0 aromatic heterocycles. The van der Waals surface area contributed by atoms with Gasteiger partial charge in [0.1, 0.15) is 30.8 Å². The first-order chi connectivity index (χ1) is 14.3. The molecule has 5 heteroatoms. The minimum Gasteiger partial charge on any atom is -0.489 e. The molecule has 0 aliphatic rings. The SMILES string of the molecule is Cc1ccc(C)c(OCc2cccc(Cl)c2C(O)(C#N)COc2ccccc2C)c1. The van der Waals surface area contributed by atoms with Crippen LogP contribution in [0.3, 0.4) is 0 Å². The second kappa shape index (κ2) is 9.21. The lowest BCUT2D eigenvalue weighted by Gasteiger charge is -2.25. The molecule has 1 atom stereocenters. The fourth-order valence-corrected chi connectivity index (χ4v) is 3.58. The van der Waals surface area contributed by atoms with Gasteiger partial charge in [0.2, 0.25) is 5.60 Å². The Balaban J connectivity index is 1.89. The predicted octanol–water partition coefficient (Wildman–Crippen LogP) is 5.63. The topological polar surface area (TPSA) is 62.5 Å². The Morgan fingerprint density at radius 2 is 1.67 bits per heavy atom. The smallest absolute Gasteiger partial charge is 0.213 e. The van der Waals surface area contributed by atoms with Gasteiger partial charge in [-0.25, -0.2) is 0 Å². The van der Waals surface area contributed by atoms with Crippen molar-refractivity contribution in [3.8, 4) is 17.6 Å². The molecular formula is C25H24ClNO3. The molecule has 3 rings (SSSR count). The minimum atomic E-state index is -1.93. The van der Waals surface area contributed by atoms with E-state index in [1.807, 2.05) is 63.2 Å². The Bertz CT molecular complexity index is 1090. The van der Waals surface area contributed by atoms with Crippen molar-refractivity contribution in [2.24, 2.45) is 0 Å². The summed E-state index contributed by atoms with van der Waals surface area (Å²) in [5.41, 5.74) is 2.00. The first kappa shape index (κ1) is 21.7. The fourth-order valence-electron chi connectivity index (χ4n) is 3.23. The average molecular weight is 422 g/mol. The number of nitrogens with zero attached hydrogens (tertiary/aromatic N) is 1. The number of aryl methyl sites for hydroxylation is 3. The highest BCUT2D eigenvalue weighted by Gasteiger charge is 2.35. The minimum absolute atomic E-state index is 0.161. The van der Waals surface area contributed by atoms with Crippen LogP contribution in [0.4, 0.5) is 0 Å². The lowest BCUT2D eigenvalue weighted by molar-refractivity contribution is 0.0400. The van der Waals surface area contributed by atoms with Crippen LogP contribution >= 0.6 is 11.6 Å². The molecule has 154 valence electrons. The van der Waals surface area contributed by atoms with E-state index in [4.69, 9.17) is 21.1 Å². The molecule has 0 heterocycles. The maximum Gasteiger partial charge on any atom is 0.213 e. The van der Waals surface area contributed by atoms with Crippen LogP contribution in [0.1, 0.15) is 27.8 Å². The third-order valence-corrected chi connectivity index (χ3v) is 5.27. The van der Waals surface area contributed by atoms with E-state index in [2.05, 4.69) is 0 Å². The highest BCUT2D eigenvalue weighted by molar-refractivity contribution is 6.31. The molecule has 0 saturated heterocycles. The van der Waals surface area contributed by atoms with Crippen molar-refractivity contribution < 1.29 is 14.6 Å². The van der Waals surface area contributed by atoms with Gasteiger partial charge in [0.05, 0.1) is 0 Å². The maximum atomic E-state index is 11.2. The van der Waals surface area contributed by atoms with Gasteiger partial charge in [-0.2, -0.15) is 5.26 Å². The van der Waals surface area contributed by atoms with E-state index < -0.39 is 5.60 Å². The van der Waals surface area contributed by atoms with Gasteiger partial charge in [-0.1, -0.05) is 54.1 Å². The lowest BCUT2D eigenvalue weighted by Crippen LogP contribution is -2.33. The molecule has 1 N–H and O–H groups in total. The Morgan fingerprint density at radius 3 is 2.40 bits per heavy atom. The molecule has 3 aromatic rings. The number of benzene rings is 3. The monoisotopic (exact) mass is 421 g/mol. The number of hydrogen-bond acceptors (Lipinski definition) is 4. The summed E-state index contributed by atoms with van der Waals surface area (Å²) in [6, 6.07) is 20.6. The van der Waals surface area contributed by atoms with Gasteiger partial charge in [0.15, 0.2) is 0 Å². The van der Waals surface area contributed by atoms with Gasteiger partial charge < -0.3 is 14.6 Å². The summed E-state index contributed by atoms with van der Waals surface area (Å²) in [4.78, 5) is 0. The zero-order valence-corrected chi connectivity index (χ0v) is 18.0. The molecule has 0 saturated carbocycles. The summed E-state index contributed by atoms with van der Waals surface area (Å²) in [5, 5.41) is 21.3. The molecule has 0 aliphatic carbocycles. The number of ether oxygens (including phenoxy) is 2. The van der Waals surface area contributed by atoms with Gasteiger partial charge >= 0.3 is 0 Å². The van der Waals surface area contributed by atoms with Gasteiger partial charge in [-0.05, 0) is 61.2 Å². The zero-order chi connectivity index (χ0) is 21.7. The fraction of sp³-hybridized carbons (Fsp3) is 0.240. The van der Waals surface area contributed by atoms with Crippen molar-refractivity contribution in [1.82, 2.24) is 0 Å². The molecule has 3 aromatic carbocycles. The van der Waals surface area contributed by atoms with Crippen LogP contribution < -0.4 is 9.47 Å². The molecule has 4 nitrogen and oxygen atoms in total. The number of aliphatic hydroxyl groups is 1. The second-order valence-corrected chi connectivity index (χ2v) is 7.77. The Morgan fingerprint density at radius 1 is 0.933 bits per heavy atom. The third kappa shape index (κ3) is 4.76. The predicted molar refractivity (Wildman–Crippen MR) is 118 cm³/mol. The molecule has 0 amide bonds. The van der Waals surface area contributed by atoms with E-state index in [-0.39, 0.29) is 18.2 Å². The average Bonchev–Trinajstić information content (AvgIpc) is 2.73. The lowest BCUT2D eigenvalue weighted by atomic mass is 9.91. The zero-order valence-electron chi connectivity index (χ0n) is 17.3. The van der Waals surface area contributed by atoms with Crippen molar-refractivity contribution in [2.75, 3.05) is 6.61 Å².